The molecule has 3 rings (SSSR count). The third kappa shape index (κ3) is 4.03. The van der Waals surface area contributed by atoms with Crippen molar-refractivity contribution < 1.29 is 22.5 Å². The number of alkyl halides is 3. The topological polar surface area (TPSA) is 68.0 Å². The number of carbonyl (C=O) groups is 1. The van der Waals surface area contributed by atoms with Crippen LogP contribution in [0.4, 0.5) is 18.9 Å². The molecule has 1 N–H and O–H groups in total. The molecule has 3 aromatic rings. The minimum atomic E-state index is -4.48. The van der Waals surface area contributed by atoms with E-state index in [2.05, 4.69) is 15.5 Å². The van der Waals surface area contributed by atoms with Gasteiger partial charge in [-0.15, -0.1) is 0 Å². The number of hydrogen-bond donors (Lipinski definition) is 1. The first-order valence-corrected chi connectivity index (χ1v) is 8.41. The first-order chi connectivity index (χ1) is 12.2. The summed E-state index contributed by atoms with van der Waals surface area (Å²) < 4.78 is 44.0. The molecular formula is C17H11F3IN3O2. The molecular weight excluding hydrogens is 462 g/mol. The van der Waals surface area contributed by atoms with Crippen molar-refractivity contribution in [1.82, 2.24) is 10.1 Å². The minimum absolute atomic E-state index is 0.0991. The summed E-state index contributed by atoms with van der Waals surface area (Å²) in [6, 6.07) is 9.50. The van der Waals surface area contributed by atoms with Gasteiger partial charge in [-0.3, -0.25) is 4.79 Å². The van der Waals surface area contributed by atoms with E-state index in [0.29, 0.717) is 20.8 Å². The molecule has 0 fully saturated rings. The Morgan fingerprint density at radius 3 is 2.42 bits per heavy atom. The van der Waals surface area contributed by atoms with Crippen LogP contribution >= 0.6 is 22.6 Å². The van der Waals surface area contributed by atoms with Crippen LogP contribution < -0.4 is 5.32 Å². The number of benzene rings is 2. The van der Waals surface area contributed by atoms with E-state index in [4.69, 9.17) is 4.52 Å². The second kappa shape index (κ2) is 7.06. The molecule has 0 saturated heterocycles. The fourth-order valence-corrected chi connectivity index (χ4v) is 2.64. The highest BCUT2D eigenvalue weighted by atomic mass is 127. The quantitative estimate of drug-likeness (QED) is 0.549. The Morgan fingerprint density at radius 1 is 1.15 bits per heavy atom. The maximum absolute atomic E-state index is 12.8. The largest absolute Gasteiger partial charge is 0.416 e. The molecule has 1 aromatic heterocycles. The smallest absolute Gasteiger partial charge is 0.334 e. The average Bonchev–Trinajstić information content (AvgIpc) is 3.02. The summed E-state index contributed by atoms with van der Waals surface area (Å²) >= 11 is 1.86. The summed E-state index contributed by atoms with van der Waals surface area (Å²) in [5, 5.41) is 6.19. The summed E-state index contributed by atoms with van der Waals surface area (Å²) in [6.07, 6.45) is -4.48. The van der Waals surface area contributed by atoms with Gasteiger partial charge in [0, 0.05) is 14.7 Å². The lowest BCUT2D eigenvalue weighted by Crippen LogP contribution is -2.14. The van der Waals surface area contributed by atoms with Gasteiger partial charge in [-0.1, -0.05) is 5.16 Å². The predicted molar refractivity (Wildman–Crippen MR) is 96.6 cm³/mol. The van der Waals surface area contributed by atoms with E-state index in [-0.39, 0.29) is 11.3 Å². The summed E-state index contributed by atoms with van der Waals surface area (Å²) in [6.45, 7) is 1.69. The molecule has 5 nitrogen and oxygen atoms in total. The lowest BCUT2D eigenvalue weighted by molar-refractivity contribution is -0.137. The fourth-order valence-electron chi connectivity index (χ4n) is 2.17. The van der Waals surface area contributed by atoms with Crippen LogP contribution in [-0.4, -0.2) is 16.0 Å². The van der Waals surface area contributed by atoms with Crippen molar-refractivity contribution in [2.24, 2.45) is 0 Å². The minimum Gasteiger partial charge on any atom is -0.334 e. The van der Waals surface area contributed by atoms with E-state index < -0.39 is 17.6 Å². The number of carbonyl (C=O) groups excluding carboxylic acids is 1. The Kier molecular flexibility index (Phi) is 4.99. The van der Waals surface area contributed by atoms with Crippen molar-refractivity contribution >= 4 is 34.2 Å². The zero-order chi connectivity index (χ0) is 18.9. The Balaban J connectivity index is 1.80. The van der Waals surface area contributed by atoms with E-state index in [0.717, 1.165) is 12.1 Å². The molecule has 1 amide bonds. The molecule has 2 aromatic carbocycles. The molecule has 0 aliphatic carbocycles. The standard InChI is InChI=1S/C17H11F3IN3O2/c1-9-22-16(26-24-9)11-4-2-10(3-5-11)15(25)23-14-8-12(17(18,19)20)6-7-13(14)21/h2-8H,1H3,(H,23,25). The van der Waals surface area contributed by atoms with Crippen LogP contribution in [0.15, 0.2) is 47.0 Å². The Morgan fingerprint density at radius 2 is 1.85 bits per heavy atom. The summed E-state index contributed by atoms with van der Waals surface area (Å²) in [5.41, 5.74) is 0.200. The van der Waals surface area contributed by atoms with Crippen LogP contribution in [0.25, 0.3) is 11.5 Å². The van der Waals surface area contributed by atoms with Crippen LogP contribution in [0.3, 0.4) is 0 Å². The molecule has 9 heteroatoms. The third-order valence-corrected chi connectivity index (χ3v) is 4.40. The summed E-state index contributed by atoms with van der Waals surface area (Å²) in [4.78, 5) is 16.4. The number of nitrogens with one attached hydrogen (secondary N) is 1. The molecule has 134 valence electrons. The van der Waals surface area contributed by atoms with Crippen LogP contribution in [0.5, 0.6) is 0 Å². The Hall–Kier alpha value is -2.43. The van der Waals surface area contributed by atoms with Crippen molar-refractivity contribution in [3.8, 4) is 11.5 Å². The maximum Gasteiger partial charge on any atom is 0.416 e. The van der Waals surface area contributed by atoms with E-state index >= 15 is 0 Å². The lowest BCUT2D eigenvalue weighted by Gasteiger charge is -2.12. The highest BCUT2D eigenvalue weighted by Gasteiger charge is 2.31. The van der Waals surface area contributed by atoms with E-state index in [1.807, 2.05) is 22.6 Å². The highest BCUT2D eigenvalue weighted by molar-refractivity contribution is 14.1. The number of amides is 1. The van der Waals surface area contributed by atoms with Crippen molar-refractivity contribution in [1.29, 1.82) is 0 Å². The van der Waals surface area contributed by atoms with E-state index in [1.165, 1.54) is 18.2 Å². The molecule has 0 atom stereocenters. The van der Waals surface area contributed by atoms with Gasteiger partial charge >= 0.3 is 6.18 Å². The van der Waals surface area contributed by atoms with Crippen molar-refractivity contribution in [3.63, 3.8) is 0 Å². The van der Waals surface area contributed by atoms with E-state index in [1.54, 1.807) is 19.1 Å². The second-order valence-corrected chi connectivity index (χ2v) is 6.53. The lowest BCUT2D eigenvalue weighted by atomic mass is 10.1. The Bertz CT molecular complexity index is 953. The predicted octanol–water partition coefficient (Wildman–Crippen LogP) is 4.92. The fraction of sp³-hybridized carbons (Fsp3) is 0.118. The Labute approximate surface area is 159 Å². The van der Waals surface area contributed by atoms with Gasteiger partial charge in [0.2, 0.25) is 0 Å². The normalized spacial score (nSPS) is 11.4. The van der Waals surface area contributed by atoms with Gasteiger partial charge < -0.3 is 9.84 Å². The highest BCUT2D eigenvalue weighted by Crippen LogP contribution is 2.32. The molecule has 1 heterocycles. The number of halogens is 4. The van der Waals surface area contributed by atoms with Crippen LogP contribution in [0, 0.1) is 10.5 Å². The van der Waals surface area contributed by atoms with Gasteiger partial charge in [-0.05, 0) is 72.0 Å². The molecule has 26 heavy (non-hydrogen) atoms. The molecule has 0 radical (unpaired) electrons. The summed E-state index contributed by atoms with van der Waals surface area (Å²) in [7, 11) is 0. The molecule has 0 unspecified atom stereocenters. The number of anilines is 1. The SMILES string of the molecule is Cc1noc(-c2ccc(C(=O)Nc3cc(C(F)(F)F)ccc3I)cc2)n1. The maximum atomic E-state index is 12.8. The molecule has 0 aliphatic heterocycles. The number of aryl methyl sites for hydroxylation is 1. The third-order valence-electron chi connectivity index (χ3n) is 3.46. The van der Waals surface area contributed by atoms with Gasteiger partial charge in [0.25, 0.3) is 11.8 Å². The number of rotatable bonds is 3. The van der Waals surface area contributed by atoms with Gasteiger partial charge in [-0.2, -0.15) is 18.2 Å². The molecule has 0 spiro atoms. The first kappa shape index (κ1) is 18.4. The molecule has 0 bridgehead atoms. The number of hydrogen-bond acceptors (Lipinski definition) is 4. The second-order valence-electron chi connectivity index (χ2n) is 5.37. The van der Waals surface area contributed by atoms with Crippen LogP contribution in [0.2, 0.25) is 0 Å². The molecule has 0 saturated carbocycles. The monoisotopic (exact) mass is 473 g/mol. The molecule has 0 aliphatic rings. The van der Waals surface area contributed by atoms with Crippen molar-refractivity contribution in [2.75, 3.05) is 5.32 Å². The van der Waals surface area contributed by atoms with Gasteiger partial charge in [0.1, 0.15) is 0 Å². The summed E-state index contributed by atoms with van der Waals surface area (Å²) in [5.74, 6) is 0.290. The number of aromatic nitrogens is 2. The van der Waals surface area contributed by atoms with Gasteiger partial charge in [0.05, 0.1) is 11.3 Å². The van der Waals surface area contributed by atoms with Crippen LogP contribution in [0.1, 0.15) is 21.7 Å². The van der Waals surface area contributed by atoms with Crippen LogP contribution in [-0.2, 0) is 6.18 Å². The van der Waals surface area contributed by atoms with E-state index in [9.17, 15) is 18.0 Å². The van der Waals surface area contributed by atoms with Crippen molar-refractivity contribution in [3.05, 3.63) is 63.0 Å². The first-order valence-electron chi connectivity index (χ1n) is 7.33. The van der Waals surface area contributed by atoms with Gasteiger partial charge in [0.15, 0.2) is 5.82 Å². The van der Waals surface area contributed by atoms with Gasteiger partial charge in [-0.25, -0.2) is 0 Å². The number of nitrogens with zero attached hydrogens (tertiary/aromatic N) is 2. The van der Waals surface area contributed by atoms with Crippen molar-refractivity contribution in [2.45, 2.75) is 13.1 Å². The zero-order valence-electron chi connectivity index (χ0n) is 13.3. The average molecular weight is 473 g/mol. The zero-order valence-corrected chi connectivity index (χ0v) is 15.4.